The maximum absolute atomic E-state index is 12.2. The van der Waals surface area contributed by atoms with Crippen LogP contribution < -0.4 is 5.73 Å². The van der Waals surface area contributed by atoms with Crippen LogP contribution in [0.1, 0.15) is 18.4 Å². The highest BCUT2D eigenvalue weighted by molar-refractivity contribution is 5.87. The average molecular weight is 262 g/mol. The van der Waals surface area contributed by atoms with Crippen molar-refractivity contribution >= 4 is 11.9 Å². The lowest BCUT2D eigenvalue weighted by atomic mass is 10.1. The summed E-state index contributed by atoms with van der Waals surface area (Å²) in [4.78, 5) is 24.7. The van der Waals surface area contributed by atoms with Gasteiger partial charge in [-0.1, -0.05) is 30.3 Å². The summed E-state index contributed by atoms with van der Waals surface area (Å²) in [7, 11) is 0. The molecule has 1 unspecified atom stereocenters. The second-order valence-corrected chi connectivity index (χ2v) is 4.82. The Balaban J connectivity index is 2.01. The number of benzene rings is 1. The Morgan fingerprint density at radius 1 is 1.37 bits per heavy atom. The molecule has 0 spiro atoms. The number of carbonyl (C=O) groups is 2. The van der Waals surface area contributed by atoms with Gasteiger partial charge >= 0.3 is 5.97 Å². The summed E-state index contributed by atoms with van der Waals surface area (Å²) in [6.07, 6.45) is 1.67. The van der Waals surface area contributed by atoms with E-state index in [0.717, 1.165) is 12.0 Å². The van der Waals surface area contributed by atoms with Gasteiger partial charge in [0.2, 0.25) is 5.91 Å². The van der Waals surface area contributed by atoms with Crippen molar-refractivity contribution in [2.75, 3.05) is 6.54 Å². The largest absolute Gasteiger partial charge is 0.480 e. The smallest absolute Gasteiger partial charge is 0.326 e. The Hall–Kier alpha value is -1.88. The van der Waals surface area contributed by atoms with Crippen LogP contribution in [0.25, 0.3) is 0 Å². The molecule has 0 aromatic heterocycles. The van der Waals surface area contributed by atoms with Crippen LogP contribution in [0.5, 0.6) is 0 Å². The number of amides is 1. The van der Waals surface area contributed by atoms with Gasteiger partial charge in [-0.05, 0) is 24.8 Å². The SMILES string of the molecule is NC(Cc1ccccc1)C(=O)N1CCC[C@H]1C(=O)O. The van der Waals surface area contributed by atoms with Crippen molar-refractivity contribution in [3.05, 3.63) is 35.9 Å². The first kappa shape index (κ1) is 13.5. The Bertz CT molecular complexity index is 461. The molecule has 5 nitrogen and oxygen atoms in total. The third kappa shape index (κ3) is 3.12. The first-order valence-corrected chi connectivity index (χ1v) is 6.42. The zero-order valence-electron chi connectivity index (χ0n) is 10.7. The van der Waals surface area contributed by atoms with Gasteiger partial charge in [0, 0.05) is 6.54 Å². The third-order valence-electron chi connectivity index (χ3n) is 3.44. The van der Waals surface area contributed by atoms with E-state index in [1.165, 1.54) is 4.90 Å². The Morgan fingerprint density at radius 2 is 2.05 bits per heavy atom. The summed E-state index contributed by atoms with van der Waals surface area (Å²) in [5.41, 5.74) is 6.89. The standard InChI is InChI=1S/C14H18N2O3/c15-11(9-10-5-2-1-3-6-10)13(17)16-8-4-7-12(16)14(18)19/h1-3,5-6,11-12H,4,7-9,15H2,(H,18,19)/t11?,12-/m0/s1. The molecule has 0 saturated carbocycles. The van der Waals surface area contributed by atoms with E-state index in [9.17, 15) is 9.59 Å². The fourth-order valence-corrected chi connectivity index (χ4v) is 2.46. The van der Waals surface area contributed by atoms with Crippen molar-refractivity contribution in [2.24, 2.45) is 5.73 Å². The minimum absolute atomic E-state index is 0.270. The van der Waals surface area contributed by atoms with E-state index >= 15 is 0 Å². The van der Waals surface area contributed by atoms with E-state index in [-0.39, 0.29) is 5.91 Å². The molecular weight excluding hydrogens is 244 g/mol. The summed E-state index contributed by atoms with van der Waals surface area (Å²) in [5.74, 6) is -1.22. The fraction of sp³-hybridized carbons (Fsp3) is 0.429. The second-order valence-electron chi connectivity index (χ2n) is 4.82. The molecule has 1 aromatic carbocycles. The maximum Gasteiger partial charge on any atom is 0.326 e. The van der Waals surface area contributed by atoms with Crippen molar-refractivity contribution < 1.29 is 14.7 Å². The molecule has 0 bridgehead atoms. The molecule has 1 heterocycles. The molecule has 1 saturated heterocycles. The molecule has 1 amide bonds. The van der Waals surface area contributed by atoms with Crippen LogP contribution in [0, 0.1) is 0 Å². The lowest BCUT2D eigenvalue weighted by Gasteiger charge is -2.24. The Morgan fingerprint density at radius 3 is 2.68 bits per heavy atom. The van der Waals surface area contributed by atoms with Crippen LogP contribution in [0.3, 0.4) is 0 Å². The monoisotopic (exact) mass is 262 g/mol. The van der Waals surface area contributed by atoms with Crippen molar-refractivity contribution in [2.45, 2.75) is 31.3 Å². The summed E-state index contributed by atoms with van der Waals surface area (Å²) >= 11 is 0. The lowest BCUT2D eigenvalue weighted by Crippen LogP contribution is -2.49. The normalized spacial score (nSPS) is 20.3. The van der Waals surface area contributed by atoms with Crippen molar-refractivity contribution in [3.8, 4) is 0 Å². The number of carbonyl (C=O) groups excluding carboxylic acids is 1. The average Bonchev–Trinajstić information content (AvgIpc) is 2.88. The molecule has 19 heavy (non-hydrogen) atoms. The van der Waals surface area contributed by atoms with Gasteiger partial charge in [-0.2, -0.15) is 0 Å². The van der Waals surface area contributed by atoms with Crippen LogP contribution >= 0.6 is 0 Å². The number of nitrogens with two attached hydrogens (primary N) is 1. The molecule has 2 atom stereocenters. The number of carboxylic acid groups (broad SMARTS) is 1. The molecule has 5 heteroatoms. The minimum atomic E-state index is -0.947. The number of carboxylic acids is 1. The lowest BCUT2D eigenvalue weighted by molar-refractivity contribution is -0.148. The number of likely N-dealkylation sites (tertiary alicyclic amines) is 1. The summed E-state index contributed by atoms with van der Waals surface area (Å²) < 4.78 is 0. The topological polar surface area (TPSA) is 83.6 Å². The highest BCUT2D eigenvalue weighted by atomic mass is 16.4. The van der Waals surface area contributed by atoms with Gasteiger partial charge in [-0.15, -0.1) is 0 Å². The summed E-state index contributed by atoms with van der Waals surface area (Å²) in [6, 6.07) is 8.11. The van der Waals surface area contributed by atoms with Gasteiger partial charge < -0.3 is 15.7 Å². The van der Waals surface area contributed by atoms with Gasteiger partial charge in [-0.3, -0.25) is 4.79 Å². The highest BCUT2D eigenvalue weighted by Crippen LogP contribution is 2.18. The molecule has 0 aliphatic carbocycles. The molecule has 102 valence electrons. The molecule has 1 aliphatic rings. The summed E-state index contributed by atoms with van der Waals surface area (Å²) in [5, 5.41) is 9.07. The van der Waals surface area contributed by atoms with Crippen molar-refractivity contribution in [3.63, 3.8) is 0 Å². The van der Waals surface area contributed by atoms with E-state index in [1.807, 2.05) is 30.3 Å². The quantitative estimate of drug-likeness (QED) is 0.833. The fourth-order valence-electron chi connectivity index (χ4n) is 2.46. The Labute approximate surface area is 112 Å². The van der Waals surface area contributed by atoms with Crippen molar-refractivity contribution in [1.29, 1.82) is 0 Å². The van der Waals surface area contributed by atoms with Crippen LogP contribution in [-0.4, -0.2) is 40.5 Å². The molecule has 3 N–H and O–H groups in total. The van der Waals surface area contributed by atoms with Gasteiger partial charge in [0.1, 0.15) is 6.04 Å². The number of hydrogen-bond donors (Lipinski definition) is 2. The highest BCUT2D eigenvalue weighted by Gasteiger charge is 2.35. The van der Waals surface area contributed by atoms with Crippen LogP contribution in [-0.2, 0) is 16.0 Å². The second kappa shape index (κ2) is 5.84. The van der Waals surface area contributed by atoms with E-state index in [4.69, 9.17) is 10.8 Å². The molecule has 1 aliphatic heterocycles. The van der Waals surface area contributed by atoms with Crippen LogP contribution in [0.4, 0.5) is 0 Å². The molecule has 0 radical (unpaired) electrons. The van der Waals surface area contributed by atoms with Gasteiger partial charge in [0.25, 0.3) is 0 Å². The molecule has 1 fully saturated rings. The number of hydrogen-bond acceptors (Lipinski definition) is 3. The van der Waals surface area contributed by atoms with E-state index in [0.29, 0.717) is 19.4 Å². The van der Waals surface area contributed by atoms with Gasteiger partial charge in [0.05, 0.1) is 6.04 Å². The predicted molar refractivity (Wildman–Crippen MR) is 70.5 cm³/mol. The first-order valence-electron chi connectivity index (χ1n) is 6.42. The van der Waals surface area contributed by atoms with Crippen LogP contribution in [0.2, 0.25) is 0 Å². The number of nitrogens with zero attached hydrogens (tertiary/aromatic N) is 1. The molecular formula is C14H18N2O3. The number of rotatable bonds is 4. The van der Waals surface area contributed by atoms with Gasteiger partial charge in [0.15, 0.2) is 0 Å². The van der Waals surface area contributed by atoms with Gasteiger partial charge in [-0.25, -0.2) is 4.79 Å². The molecule has 2 rings (SSSR count). The zero-order valence-corrected chi connectivity index (χ0v) is 10.7. The van der Waals surface area contributed by atoms with E-state index < -0.39 is 18.1 Å². The van der Waals surface area contributed by atoms with E-state index in [1.54, 1.807) is 0 Å². The zero-order chi connectivity index (χ0) is 13.8. The summed E-state index contributed by atoms with van der Waals surface area (Å²) in [6.45, 7) is 0.484. The first-order chi connectivity index (χ1) is 9.09. The maximum atomic E-state index is 12.2. The number of aliphatic carboxylic acids is 1. The molecule has 1 aromatic rings. The van der Waals surface area contributed by atoms with E-state index in [2.05, 4.69) is 0 Å². The van der Waals surface area contributed by atoms with Crippen LogP contribution in [0.15, 0.2) is 30.3 Å². The Kier molecular flexibility index (Phi) is 4.16. The van der Waals surface area contributed by atoms with Crippen molar-refractivity contribution in [1.82, 2.24) is 4.90 Å². The predicted octanol–water partition coefficient (Wildman–Crippen LogP) is 0.632. The minimum Gasteiger partial charge on any atom is -0.480 e. The third-order valence-corrected chi connectivity index (χ3v) is 3.44.